The summed E-state index contributed by atoms with van der Waals surface area (Å²) >= 11 is 0. The minimum absolute atomic E-state index is 0.00282. The molecule has 1 N–H and O–H groups in total. The molecule has 0 atom stereocenters. The fourth-order valence-electron chi connectivity index (χ4n) is 4.32. The Kier molecular flexibility index (Phi) is 5.98. The van der Waals surface area contributed by atoms with Gasteiger partial charge >= 0.3 is 6.03 Å². The Morgan fingerprint density at radius 3 is 2.32 bits per heavy atom. The zero-order valence-corrected chi connectivity index (χ0v) is 18.4. The van der Waals surface area contributed by atoms with Crippen LogP contribution in [0.25, 0.3) is 11.1 Å². The lowest BCUT2D eigenvalue weighted by Crippen LogP contribution is -2.40. The Balaban J connectivity index is 1.30. The number of fused-ring (bicyclic) bond motifs is 1. The van der Waals surface area contributed by atoms with Gasteiger partial charge in [-0.3, -0.25) is 9.69 Å². The second-order valence-corrected chi connectivity index (χ2v) is 8.28. The molecule has 174 valence electrons. The van der Waals surface area contributed by atoms with Gasteiger partial charge in [0.05, 0.1) is 18.9 Å². The van der Waals surface area contributed by atoms with E-state index in [2.05, 4.69) is 5.32 Å². The van der Waals surface area contributed by atoms with Crippen molar-refractivity contribution in [3.8, 4) is 11.1 Å². The third-order valence-corrected chi connectivity index (χ3v) is 6.16. The monoisotopic (exact) mass is 463 g/mol. The summed E-state index contributed by atoms with van der Waals surface area (Å²) in [5.74, 6) is -1.52. The molecule has 0 spiro atoms. The predicted octanol–water partition coefficient (Wildman–Crippen LogP) is 4.70. The first-order valence-corrected chi connectivity index (χ1v) is 11.1. The van der Waals surface area contributed by atoms with E-state index in [1.807, 2.05) is 42.5 Å². The van der Waals surface area contributed by atoms with E-state index < -0.39 is 17.7 Å². The van der Waals surface area contributed by atoms with Crippen LogP contribution in [-0.2, 0) is 11.2 Å². The molecule has 2 aliphatic heterocycles. The number of morpholine rings is 1. The molecular weight excluding hydrogens is 440 g/mol. The van der Waals surface area contributed by atoms with E-state index in [1.165, 1.54) is 6.07 Å². The average Bonchev–Trinajstić information content (AvgIpc) is 3.29. The Morgan fingerprint density at radius 1 is 0.853 bits per heavy atom. The molecule has 5 rings (SSSR count). The second kappa shape index (κ2) is 9.23. The first-order valence-electron chi connectivity index (χ1n) is 11.1. The van der Waals surface area contributed by atoms with Gasteiger partial charge in [0, 0.05) is 37.0 Å². The first-order chi connectivity index (χ1) is 16.5. The average molecular weight is 463 g/mol. The summed E-state index contributed by atoms with van der Waals surface area (Å²) in [4.78, 5) is 28.7. The third-order valence-electron chi connectivity index (χ3n) is 6.16. The fourth-order valence-corrected chi connectivity index (χ4v) is 4.32. The van der Waals surface area contributed by atoms with Gasteiger partial charge in [0.1, 0.15) is 11.6 Å². The Labute approximate surface area is 195 Å². The number of nitrogens with zero attached hydrogens (tertiary/aromatic N) is 2. The number of nitrogens with one attached hydrogen (secondary N) is 1. The molecule has 2 heterocycles. The number of carbonyl (C=O) groups is 2. The Morgan fingerprint density at radius 2 is 1.59 bits per heavy atom. The number of rotatable bonds is 3. The minimum Gasteiger partial charge on any atom is -0.378 e. The van der Waals surface area contributed by atoms with Crippen molar-refractivity contribution in [2.24, 2.45) is 0 Å². The maximum Gasteiger partial charge on any atom is 0.326 e. The van der Waals surface area contributed by atoms with Gasteiger partial charge in [-0.15, -0.1) is 0 Å². The number of halogens is 2. The van der Waals surface area contributed by atoms with Gasteiger partial charge in [-0.2, -0.15) is 0 Å². The smallest absolute Gasteiger partial charge is 0.326 e. The summed E-state index contributed by atoms with van der Waals surface area (Å²) in [6.45, 7) is 2.78. The minimum atomic E-state index is -0.821. The first kappa shape index (κ1) is 22.0. The van der Waals surface area contributed by atoms with Gasteiger partial charge in [-0.25, -0.2) is 13.6 Å². The molecule has 3 amide bonds. The quantitative estimate of drug-likeness (QED) is 0.613. The van der Waals surface area contributed by atoms with Crippen molar-refractivity contribution in [1.29, 1.82) is 0 Å². The van der Waals surface area contributed by atoms with Crippen LogP contribution in [0.2, 0.25) is 0 Å². The van der Waals surface area contributed by atoms with E-state index in [0.717, 1.165) is 34.5 Å². The van der Waals surface area contributed by atoms with Crippen LogP contribution in [-0.4, -0.2) is 49.7 Å². The number of anilines is 2. The van der Waals surface area contributed by atoms with Crippen molar-refractivity contribution in [3.63, 3.8) is 0 Å². The van der Waals surface area contributed by atoms with Crippen LogP contribution in [0.3, 0.4) is 0 Å². The maximum atomic E-state index is 13.9. The van der Waals surface area contributed by atoms with Crippen LogP contribution in [0.5, 0.6) is 0 Å². The lowest BCUT2D eigenvalue weighted by molar-refractivity contribution is 0.0303. The van der Waals surface area contributed by atoms with Gasteiger partial charge in [0.15, 0.2) is 0 Å². The standard InChI is InChI=1S/C26H23F2N3O3/c27-21-6-7-23(22(28)16-21)29-26(33)31-10-9-20-15-19(5-8-24(20)31)17-1-3-18(4-2-17)25(32)30-11-13-34-14-12-30/h1-8,15-16H,9-14H2,(H,29,33). The second-order valence-electron chi connectivity index (χ2n) is 8.28. The molecule has 1 saturated heterocycles. The lowest BCUT2D eigenvalue weighted by atomic mass is 10.0. The summed E-state index contributed by atoms with van der Waals surface area (Å²) in [7, 11) is 0. The van der Waals surface area contributed by atoms with E-state index in [-0.39, 0.29) is 11.6 Å². The molecule has 0 aromatic heterocycles. The van der Waals surface area contributed by atoms with Crippen molar-refractivity contribution >= 4 is 23.3 Å². The van der Waals surface area contributed by atoms with Gasteiger partial charge in [0.25, 0.3) is 5.91 Å². The summed E-state index contributed by atoms with van der Waals surface area (Å²) in [5, 5.41) is 2.51. The number of ether oxygens (including phenoxy) is 1. The highest BCUT2D eigenvalue weighted by Gasteiger charge is 2.26. The molecule has 0 unspecified atom stereocenters. The molecule has 6 nitrogen and oxygen atoms in total. The number of hydrogen-bond donors (Lipinski definition) is 1. The van der Waals surface area contributed by atoms with Gasteiger partial charge in [-0.1, -0.05) is 18.2 Å². The lowest BCUT2D eigenvalue weighted by Gasteiger charge is -2.26. The topological polar surface area (TPSA) is 61.9 Å². The zero-order valence-electron chi connectivity index (χ0n) is 18.4. The maximum absolute atomic E-state index is 13.9. The highest BCUT2D eigenvalue weighted by Crippen LogP contribution is 2.33. The van der Waals surface area contributed by atoms with E-state index in [1.54, 1.807) is 9.80 Å². The highest BCUT2D eigenvalue weighted by atomic mass is 19.1. The van der Waals surface area contributed by atoms with Crippen molar-refractivity contribution in [3.05, 3.63) is 83.4 Å². The molecule has 1 fully saturated rings. The normalized spacial score (nSPS) is 15.2. The molecule has 2 aliphatic rings. The Bertz CT molecular complexity index is 1240. The van der Waals surface area contributed by atoms with Crippen molar-refractivity contribution in [2.75, 3.05) is 43.1 Å². The van der Waals surface area contributed by atoms with E-state index >= 15 is 0 Å². The van der Waals surface area contributed by atoms with Gasteiger partial charge in [-0.05, 0) is 59.5 Å². The fraction of sp³-hybridized carbons (Fsp3) is 0.231. The van der Waals surface area contributed by atoms with E-state index in [9.17, 15) is 18.4 Å². The van der Waals surface area contributed by atoms with Crippen molar-refractivity contribution in [1.82, 2.24) is 4.90 Å². The molecule has 0 aliphatic carbocycles. The van der Waals surface area contributed by atoms with Gasteiger partial charge in [0.2, 0.25) is 0 Å². The molecule has 34 heavy (non-hydrogen) atoms. The zero-order chi connectivity index (χ0) is 23.7. The van der Waals surface area contributed by atoms with Crippen LogP contribution < -0.4 is 10.2 Å². The largest absolute Gasteiger partial charge is 0.378 e. The number of amides is 3. The summed E-state index contributed by atoms with van der Waals surface area (Å²) in [6.07, 6.45) is 0.663. The highest BCUT2D eigenvalue weighted by molar-refractivity contribution is 6.03. The SMILES string of the molecule is O=C(c1ccc(-c2ccc3c(c2)CCN3C(=O)Nc2ccc(F)cc2F)cc1)N1CCOCC1. The summed E-state index contributed by atoms with van der Waals surface area (Å²) < 4.78 is 32.3. The Hall–Kier alpha value is -3.78. The number of benzene rings is 3. The molecule has 0 bridgehead atoms. The predicted molar refractivity (Wildman–Crippen MR) is 125 cm³/mol. The number of carbonyl (C=O) groups excluding carboxylic acids is 2. The van der Waals surface area contributed by atoms with E-state index in [4.69, 9.17) is 4.74 Å². The van der Waals surface area contributed by atoms with Crippen LogP contribution in [0.15, 0.2) is 60.7 Å². The van der Waals surface area contributed by atoms with Crippen molar-refractivity contribution < 1.29 is 23.1 Å². The molecule has 0 saturated carbocycles. The molecule has 0 radical (unpaired) electrons. The number of hydrogen-bond acceptors (Lipinski definition) is 3. The van der Waals surface area contributed by atoms with E-state index in [0.29, 0.717) is 44.8 Å². The number of urea groups is 1. The van der Waals surface area contributed by atoms with Crippen LogP contribution >= 0.6 is 0 Å². The van der Waals surface area contributed by atoms with Crippen molar-refractivity contribution in [2.45, 2.75) is 6.42 Å². The van der Waals surface area contributed by atoms with Crippen LogP contribution in [0.1, 0.15) is 15.9 Å². The summed E-state index contributed by atoms with van der Waals surface area (Å²) in [5.41, 5.74) is 4.28. The van der Waals surface area contributed by atoms with Gasteiger partial charge < -0.3 is 15.0 Å². The molecular formula is C26H23F2N3O3. The molecule has 8 heteroatoms. The van der Waals surface area contributed by atoms with Crippen LogP contribution in [0, 0.1) is 11.6 Å². The third kappa shape index (κ3) is 4.36. The molecule has 3 aromatic rings. The molecule has 3 aromatic carbocycles. The summed E-state index contributed by atoms with van der Waals surface area (Å²) in [6, 6.07) is 15.9. The van der Waals surface area contributed by atoms with Crippen LogP contribution in [0.4, 0.5) is 25.0 Å².